The summed E-state index contributed by atoms with van der Waals surface area (Å²) in [6.07, 6.45) is 1.93. The Morgan fingerprint density at radius 1 is 0.438 bits per heavy atom. The van der Waals surface area contributed by atoms with Gasteiger partial charge in [-0.3, -0.25) is 4.57 Å². The quantitative estimate of drug-likeness (QED) is 0.159. The van der Waals surface area contributed by atoms with Crippen LogP contribution in [-0.4, -0.2) is 16.2 Å². The molecular formula is C75H66N4O. The molecule has 0 radical (unpaired) electrons. The van der Waals surface area contributed by atoms with Crippen LogP contribution in [0.3, 0.4) is 0 Å². The lowest BCUT2D eigenvalue weighted by atomic mass is 9.43. The van der Waals surface area contributed by atoms with E-state index in [4.69, 9.17) is 9.72 Å². The van der Waals surface area contributed by atoms with Gasteiger partial charge in [-0.1, -0.05) is 196 Å². The number of benzene rings is 9. The average molecular weight is 1040 g/mol. The number of anilines is 4. The molecule has 5 heteroatoms. The molecule has 0 bridgehead atoms. The summed E-state index contributed by atoms with van der Waals surface area (Å²) in [6, 6.07) is 77.3. The summed E-state index contributed by atoms with van der Waals surface area (Å²) in [5.41, 5.74) is 24.3. The molecule has 3 unspecified atom stereocenters. The van der Waals surface area contributed by atoms with E-state index < -0.39 is 0 Å². The zero-order chi connectivity index (χ0) is 54.6. The van der Waals surface area contributed by atoms with Crippen molar-refractivity contribution in [3.63, 3.8) is 0 Å². The second-order valence-corrected chi connectivity index (χ2v) is 26.0. The van der Waals surface area contributed by atoms with E-state index in [1.165, 1.54) is 89.1 Å². The number of fused-ring (bicyclic) bond motifs is 11. The molecule has 3 atom stereocenters. The summed E-state index contributed by atoms with van der Waals surface area (Å²) >= 11 is 0. The number of ether oxygens (including phenoxy) is 1. The van der Waals surface area contributed by atoms with Crippen LogP contribution >= 0.6 is 0 Å². The van der Waals surface area contributed by atoms with Crippen LogP contribution in [0, 0.1) is 0 Å². The van der Waals surface area contributed by atoms with Gasteiger partial charge in [0.1, 0.15) is 24.0 Å². The molecule has 3 aliphatic carbocycles. The van der Waals surface area contributed by atoms with E-state index in [1.54, 1.807) is 0 Å². The minimum atomic E-state index is -0.0522. The summed E-state index contributed by atoms with van der Waals surface area (Å²) in [4.78, 5) is 9.97. The number of aromatic nitrogens is 2. The Balaban J connectivity index is 0.851. The Bertz CT molecular complexity index is 4330. The van der Waals surface area contributed by atoms with Crippen LogP contribution in [0.1, 0.15) is 124 Å². The van der Waals surface area contributed by atoms with Gasteiger partial charge >= 0.3 is 0 Å². The van der Waals surface area contributed by atoms with Crippen LogP contribution < -0.4 is 14.5 Å². The van der Waals surface area contributed by atoms with Crippen LogP contribution in [0.25, 0.3) is 49.9 Å². The fourth-order valence-corrected chi connectivity index (χ4v) is 14.3. The highest BCUT2D eigenvalue weighted by atomic mass is 16.5. The molecule has 5 nitrogen and oxygen atoms in total. The number of rotatable bonds is 7. The zero-order valence-corrected chi connectivity index (χ0v) is 47.3. The predicted octanol–water partition coefficient (Wildman–Crippen LogP) is 19.3. The van der Waals surface area contributed by atoms with Crippen molar-refractivity contribution in [2.75, 3.05) is 16.5 Å². The van der Waals surface area contributed by atoms with Crippen LogP contribution in [0.2, 0.25) is 0 Å². The van der Waals surface area contributed by atoms with Crippen LogP contribution in [0.4, 0.5) is 22.7 Å². The molecule has 0 fully saturated rings. The first-order valence-corrected chi connectivity index (χ1v) is 28.6. The molecule has 0 amide bonds. The van der Waals surface area contributed by atoms with Gasteiger partial charge < -0.3 is 14.5 Å². The molecule has 3 heterocycles. The molecule has 2 aromatic heterocycles. The van der Waals surface area contributed by atoms with Gasteiger partial charge in [0.15, 0.2) is 0 Å². The smallest absolute Gasteiger partial charge is 0.137 e. The lowest BCUT2D eigenvalue weighted by molar-refractivity contribution is 0.333. The number of nitrogens with zero attached hydrogens (tertiary/aromatic N) is 4. The monoisotopic (exact) mass is 1040 g/mol. The van der Waals surface area contributed by atoms with Gasteiger partial charge in [-0.05, 0) is 138 Å². The Morgan fingerprint density at radius 3 is 1.76 bits per heavy atom. The minimum Gasteiger partial charge on any atom is -0.457 e. The first kappa shape index (κ1) is 48.5. The van der Waals surface area contributed by atoms with Crippen molar-refractivity contribution in [1.29, 1.82) is 0 Å². The topological polar surface area (TPSA) is 33.5 Å². The third kappa shape index (κ3) is 7.11. The molecule has 80 heavy (non-hydrogen) atoms. The van der Waals surface area contributed by atoms with E-state index in [0.717, 1.165) is 45.1 Å². The second-order valence-electron chi connectivity index (χ2n) is 26.0. The van der Waals surface area contributed by atoms with E-state index >= 15 is 0 Å². The Hall–Kier alpha value is -8.67. The van der Waals surface area contributed by atoms with E-state index in [9.17, 15) is 0 Å². The van der Waals surface area contributed by atoms with E-state index in [1.807, 2.05) is 6.20 Å². The van der Waals surface area contributed by atoms with Crippen molar-refractivity contribution in [2.24, 2.45) is 0 Å². The second kappa shape index (κ2) is 17.2. The SMILES string of the molecule is CC(C)(C)c1cc(-c2cccc(-c3ccc4c(c3)C35c6ccccc6C3c3ccccc3C45)c2N2CN(c3cccc(Oc4ccc5c6ccccc6n(-c6cc(C(C)(C)C)ccn6)c5c4)c3)c3ccccc32)cc(C(C)(C)C)c1. The van der Waals surface area contributed by atoms with Crippen LogP contribution in [-0.2, 0) is 21.7 Å². The number of hydrogen-bond donors (Lipinski definition) is 0. The first-order valence-electron chi connectivity index (χ1n) is 28.6. The summed E-state index contributed by atoms with van der Waals surface area (Å²) in [7, 11) is 0. The summed E-state index contributed by atoms with van der Waals surface area (Å²) in [5, 5.41) is 2.34. The van der Waals surface area contributed by atoms with Crippen molar-refractivity contribution in [1.82, 2.24) is 9.55 Å². The molecule has 0 saturated heterocycles. The maximum Gasteiger partial charge on any atom is 0.137 e. The molecule has 4 aliphatic rings. The molecule has 1 spiro atoms. The van der Waals surface area contributed by atoms with Crippen molar-refractivity contribution >= 4 is 44.6 Å². The number of para-hydroxylation sites is 4. The molecular weight excluding hydrogens is 973 g/mol. The standard InChI is InChI=1S/C75H66N4O/c1-72(2,3)48-36-37-76-68(42-48)79-64-29-15-13-22-56(64)57-35-33-53(44-67(57)79)80-52-21-18-20-51(43-52)77-45-78(66-31-17-16-30-65(66)77)71-54(26-19-27-55(71)47-38-49(73(4,5)6)41-50(39-47)74(7,8)9)46-32-34-61-63(40-46)75-62-28-14-12-25-60(62)69(75)58-23-10-11-24-59(58)70(61)75/h10-44,69-70H,45H2,1-9H3. The van der Waals surface area contributed by atoms with Crippen molar-refractivity contribution in [3.05, 3.63) is 263 Å². The first-order chi connectivity index (χ1) is 38.6. The number of hydrogen-bond acceptors (Lipinski definition) is 4. The van der Waals surface area contributed by atoms with Gasteiger partial charge in [-0.2, -0.15) is 0 Å². The van der Waals surface area contributed by atoms with Gasteiger partial charge in [0.05, 0.1) is 28.1 Å². The summed E-state index contributed by atoms with van der Waals surface area (Å²) < 4.78 is 9.21. The lowest BCUT2D eigenvalue weighted by Gasteiger charge is -2.58. The van der Waals surface area contributed by atoms with Gasteiger partial charge in [0.2, 0.25) is 0 Å². The fourth-order valence-electron chi connectivity index (χ4n) is 14.3. The third-order valence-electron chi connectivity index (χ3n) is 18.2. The highest BCUT2D eigenvalue weighted by Crippen LogP contribution is 2.77. The molecule has 392 valence electrons. The summed E-state index contributed by atoms with van der Waals surface area (Å²) in [6.45, 7) is 21.4. The minimum absolute atomic E-state index is 0.0217. The van der Waals surface area contributed by atoms with Crippen molar-refractivity contribution < 1.29 is 4.74 Å². The maximum absolute atomic E-state index is 6.93. The van der Waals surface area contributed by atoms with E-state index in [0.29, 0.717) is 18.5 Å². The van der Waals surface area contributed by atoms with E-state index in [2.05, 4.69) is 283 Å². The predicted molar refractivity (Wildman–Crippen MR) is 331 cm³/mol. The molecule has 15 rings (SSSR count). The van der Waals surface area contributed by atoms with Gasteiger partial charge in [-0.15, -0.1) is 0 Å². The Labute approximate surface area is 470 Å². The van der Waals surface area contributed by atoms with Gasteiger partial charge in [-0.25, -0.2) is 4.98 Å². The van der Waals surface area contributed by atoms with Crippen LogP contribution in [0.15, 0.2) is 212 Å². The van der Waals surface area contributed by atoms with Gasteiger partial charge in [0, 0.05) is 63.2 Å². The maximum atomic E-state index is 6.93. The van der Waals surface area contributed by atoms with Crippen molar-refractivity contribution in [2.45, 2.75) is 95.8 Å². The Kier molecular flexibility index (Phi) is 10.4. The number of pyridine rings is 1. The van der Waals surface area contributed by atoms with Crippen molar-refractivity contribution in [3.8, 4) is 39.6 Å². The highest BCUT2D eigenvalue weighted by Gasteiger charge is 2.69. The molecule has 9 aromatic carbocycles. The zero-order valence-electron chi connectivity index (χ0n) is 47.3. The lowest BCUT2D eigenvalue weighted by Crippen LogP contribution is -2.52. The largest absolute Gasteiger partial charge is 0.457 e. The Morgan fingerprint density at radius 2 is 1.04 bits per heavy atom. The third-order valence-corrected chi connectivity index (χ3v) is 18.2. The summed E-state index contributed by atoms with van der Waals surface area (Å²) in [5.74, 6) is 3.17. The molecule has 0 N–H and O–H groups in total. The fraction of sp³-hybridized carbons (Fsp3) is 0.213. The average Bonchev–Trinajstić information content (AvgIpc) is 4.09. The van der Waals surface area contributed by atoms with Crippen LogP contribution in [0.5, 0.6) is 11.5 Å². The highest BCUT2D eigenvalue weighted by molar-refractivity contribution is 6.09. The van der Waals surface area contributed by atoms with E-state index in [-0.39, 0.29) is 21.7 Å². The van der Waals surface area contributed by atoms with Gasteiger partial charge in [0.25, 0.3) is 0 Å². The molecule has 1 aliphatic heterocycles. The molecule has 0 saturated carbocycles. The normalized spacial score (nSPS) is 17.8. The molecule has 11 aromatic rings.